The van der Waals surface area contributed by atoms with Crippen LogP contribution >= 0.6 is 0 Å². The molecule has 4 nitrogen and oxygen atoms in total. The highest BCUT2D eigenvalue weighted by Gasteiger charge is 2.40. The number of likely N-dealkylation sites (tertiary alicyclic amines) is 1. The average Bonchev–Trinajstić information content (AvgIpc) is 2.94. The van der Waals surface area contributed by atoms with Gasteiger partial charge < -0.3 is 5.11 Å². The Kier molecular flexibility index (Phi) is 3.93. The van der Waals surface area contributed by atoms with E-state index in [2.05, 4.69) is 10.00 Å². The van der Waals surface area contributed by atoms with E-state index in [9.17, 15) is 9.50 Å². The molecule has 2 fully saturated rings. The largest absolute Gasteiger partial charge is 0.392 e. The summed E-state index contributed by atoms with van der Waals surface area (Å²) in [6, 6.07) is 6.97. The molecule has 1 N–H and O–H groups in total. The zero-order valence-corrected chi connectivity index (χ0v) is 14.2. The number of rotatable bonds is 3. The van der Waals surface area contributed by atoms with Crippen LogP contribution in [0.5, 0.6) is 0 Å². The molecule has 1 aromatic heterocycles. The number of aromatic nitrogens is 2. The molecule has 24 heavy (non-hydrogen) atoms. The predicted molar refractivity (Wildman–Crippen MR) is 90.5 cm³/mol. The minimum Gasteiger partial charge on any atom is -0.392 e. The van der Waals surface area contributed by atoms with Crippen molar-refractivity contribution in [2.75, 3.05) is 13.1 Å². The second kappa shape index (κ2) is 5.97. The van der Waals surface area contributed by atoms with Crippen LogP contribution in [0, 0.1) is 31.5 Å². The summed E-state index contributed by atoms with van der Waals surface area (Å²) in [4.78, 5) is 2.36. The van der Waals surface area contributed by atoms with Gasteiger partial charge in [-0.15, -0.1) is 0 Å². The molecule has 1 aliphatic carbocycles. The molecule has 1 saturated heterocycles. The van der Waals surface area contributed by atoms with Gasteiger partial charge in [-0.1, -0.05) is 0 Å². The molecule has 1 unspecified atom stereocenters. The van der Waals surface area contributed by atoms with Gasteiger partial charge in [-0.2, -0.15) is 5.10 Å². The fourth-order valence-electron chi connectivity index (χ4n) is 4.42. The first-order valence-electron chi connectivity index (χ1n) is 8.74. The van der Waals surface area contributed by atoms with E-state index in [1.54, 1.807) is 6.07 Å². The van der Waals surface area contributed by atoms with Gasteiger partial charge in [0.2, 0.25) is 0 Å². The summed E-state index contributed by atoms with van der Waals surface area (Å²) in [5, 5.41) is 14.8. The van der Waals surface area contributed by atoms with E-state index in [1.807, 2.05) is 30.7 Å². The number of halogens is 1. The lowest BCUT2D eigenvalue weighted by Crippen LogP contribution is -2.44. The van der Waals surface area contributed by atoms with Crippen LogP contribution in [0.25, 0.3) is 5.69 Å². The van der Waals surface area contributed by atoms with Crippen molar-refractivity contribution >= 4 is 0 Å². The lowest BCUT2D eigenvalue weighted by atomic mass is 9.94. The number of nitrogens with zero attached hydrogens (tertiary/aromatic N) is 3. The minimum absolute atomic E-state index is 0.149. The smallest absolute Gasteiger partial charge is 0.123 e. The van der Waals surface area contributed by atoms with E-state index < -0.39 is 0 Å². The summed E-state index contributed by atoms with van der Waals surface area (Å²) in [5.41, 5.74) is 3.91. The third kappa shape index (κ3) is 2.76. The number of hydrogen-bond donors (Lipinski definition) is 1. The Morgan fingerprint density at radius 1 is 1.17 bits per heavy atom. The second-order valence-corrected chi connectivity index (χ2v) is 7.39. The third-order valence-corrected chi connectivity index (χ3v) is 5.53. The number of fused-ring (bicyclic) bond motifs is 2. The number of piperidine rings is 1. The van der Waals surface area contributed by atoms with Gasteiger partial charge in [-0.25, -0.2) is 9.07 Å². The molecule has 3 atom stereocenters. The Morgan fingerprint density at radius 2 is 1.88 bits per heavy atom. The van der Waals surface area contributed by atoms with Crippen LogP contribution in [0.4, 0.5) is 4.39 Å². The van der Waals surface area contributed by atoms with E-state index in [-0.39, 0.29) is 11.9 Å². The molecule has 2 aliphatic rings. The molecule has 0 spiro atoms. The van der Waals surface area contributed by atoms with Crippen molar-refractivity contribution in [3.63, 3.8) is 0 Å². The highest BCUT2D eigenvalue weighted by atomic mass is 19.1. The molecule has 4 rings (SSSR count). The summed E-state index contributed by atoms with van der Waals surface area (Å²) >= 11 is 0. The molecule has 128 valence electrons. The van der Waals surface area contributed by atoms with Crippen molar-refractivity contribution in [2.24, 2.45) is 11.8 Å². The average molecular weight is 329 g/mol. The summed E-state index contributed by atoms with van der Waals surface area (Å²) in [7, 11) is 0. The Morgan fingerprint density at radius 3 is 2.50 bits per heavy atom. The summed E-state index contributed by atoms with van der Waals surface area (Å²) in [6.45, 7) is 6.47. The normalized spacial score (nSPS) is 26.9. The van der Waals surface area contributed by atoms with Gasteiger partial charge in [0.1, 0.15) is 5.82 Å². The third-order valence-electron chi connectivity index (χ3n) is 5.53. The molecule has 1 aromatic carbocycles. The van der Waals surface area contributed by atoms with E-state index in [0.29, 0.717) is 18.4 Å². The minimum atomic E-state index is -0.213. The van der Waals surface area contributed by atoms with Crippen molar-refractivity contribution in [2.45, 2.75) is 39.3 Å². The maximum Gasteiger partial charge on any atom is 0.123 e. The van der Waals surface area contributed by atoms with Gasteiger partial charge in [0.25, 0.3) is 0 Å². The Balaban J connectivity index is 1.63. The number of aliphatic hydroxyl groups is 1. The van der Waals surface area contributed by atoms with Gasteiger partial charge in [-0.05, 0) is 68.4 Å². The topological polar surface area (TPSA) is 41.3 Å². The standard InChI is InChI=1S/C19H24FN3O/c1-12-7-13(2)23(21-12)18-6-5-17(20)8-16(18)11-22-9-14-3-4-15(10-22)19(14)24/h5-8,14-15,19,24H,3-4,9-11H2,1-2H3/t14-,15+,19?. The molecule has 2 heterocycles. The first kappa shape index (κ1) is 15.8. The van der Waals surface area contributed by atoms with Crippen molar-refractivity contribution in [1.29, 1.82) is 0 Å². The van der Waals surface area contributed by atoms with Crippen LogP contribution in [0.3, 0.4) is 0 Å². The molecule has 2 bridgehead atoms. The van der Waals surface area contributed by atoms with Gasteiger partial charge >= 0.3 is 0 Å². The SMILES string of the molecule is Cc1cc(C)n(-c2ccc(F)cc2CN2C[C@H]3CC[C@@H](C2)C3O)n1. The maximum atomic E-state index is 13.9. The van der Waals surface area contributed by atoms with E-state index in [4.69, 9.17) is 0 Å². The molecule has 5 heteroatoms. The summed E-state index contributed by atoms with van der Waals surface area (Å²) in [5.74, 6) is 0.527. The zero-order chi connectivity index (χ0) is 16.8. The van der Waals surface area contributed by atoms with Crippen molar-refractivity contribution < 1.29 is 9.50 Å². The number of aliphatic hydroxyl groups excluding tert-OH is 1. The fourth-order valence-corrected chi connectivity index (χ4v) is 4.42. The molecule has 1 aliphatic heterocycles. The first-order chi connectivity index (χ1) is 11.5. The van der Waals surface area contributed by atoms with Gasteiger partial charge in [-0.3, -0.25) is 4.90 Å². The molecular weight excluding hydrogens is 305 g/mol. The second-order valence-electron chi connectivity index (χ2n) is 7.39. The van der Waals surface area contributed by atoms with Crippen LogP contribution in [-0.2, 0) is 6.54 Å². The molecule has 0 radical (unpaired) electrons. The number of aryl methyl sites for hydroxylation is 2. The maximum absolute atomic E-state index is 13.9. The van der Waals surface area contributed by atoms with Crippen LogP contribution in [0.2, 0.25) is 0 Å². The molecular formula is C19H24FN3O. The molecule has 1 saturated carbocycles. The van der Waals surface area contributed by atoms with Gasteiger partial charge in [0, 0.05) is 25.3 Å². The van der Waals surface area contributed by atoms with Crippen LogP contribution in [-0.4, -0.2) is 39.0 Å². The number of hydrogen-bond acceptors (Lipinski definition) is 3. The predicted octanol–water partition coefficient (Wildman–Crippen LogP) is 2.83. The fraction of sp³-hybridized carbons (Fsp3) is 0.526. The van der Waals surface area contributed by atoms with Gasteiger partial charge in [0.05, 0.1) is 17.5 Å². The lowest BCUT2D eigenvalue weighted by Gasteiger charge is -2.35. The van der Waals surface area contributed by atoms with Crippen LogP contribution in [0.15, 0.2) is 24.3 Å². The highest BCUT2D eigenvalue weighted by Crippen LogP contribution is 2.37. The van der Waals surface area contributed by atoms with Crippen molar-refractivity contribution in [1.82, 2.24) is 14.7 Å². The van der Waals surface area contributed by atoms with Crippen molar-refractivity contribution in [3.8, 4) is 5.69 Å². The van der Waals surface area contributed by atoms with E-state index in [0.717, 1.165) is 48.6 Å². The van der Waals surface area contributed by atoms with Crippen LogP contribution < -0.4 is 0 Å². The lowest BCUT2D eigenvalue weighted by molar-refractivity contribution is 0.0138. The molecule has 0 amide bonds. The Bertz CT molecular complexity index is 743. The monoisotopic (exact) mass is 329 g/mol. The Hall–Kier alpha value is -1.72. The van der Waals surface area contributed by atoms with Crippen molar-refractivity contribution in [3.05, 3.63) is 47.0 Å². The summed E-state index contributed by atoms with van der Waals surface area (Å²) in [6.07, 6.45) is 2.07. The Labute approximate surface area is 141 Å². The molecule has 2 aromatic rings. The number of benzene rings is 1. The quantitative estimate of drug-likeness (QED) is 0.941. The zero-order valence-electron chi connectivity index (χ0n) is 14.2. The highest BCUT2D eigenvalue weighted by molar-refractivity contribution is 5.42. The summed E-state index contributed by atoms with van der Waals surface area (Å²) < 4.78 is 15.8. The first-order valence-corrected chi connectivity index (χ1v) is 8.74. The van der Waals surface area contributed by atoms with Gasteiger partial charge in [0.15, 0.2) is 0 Å². The van der Waals surface area contributed by atoms with E-state index >= 15 is 0 Å². The van der Waals surface area contributed by atoms with Crippen LogP contribution in [0.1, 0.15) is 29.8 Å². The van der Waals surface area contributed by atoms with E-state index in [1.165, 1.54) is 6.07 Å².